The molecule has 0 radical (unpaired) electrons. The van der Waals surface area contributed by atoms with Crippen molar-refractivity contribution in [3.05, 3.63) is 0 Å². The fourth-order valence-corrected chi connectivity index (χ4v) is 2.94. The van der Waals surface area contributed by atoms with Gasteiger partial charge in [-0.05, 0) is 45.2 Å². The lowest BCUT2D eigenvalue weighted by atomic mass is 10.1. The standard InChI is InChI=1S/C12H24N2.C3H7N/c1-2-5-9-12(8-4-1)14-11-7-3-6-10-13-14;1-2-4-3-1/h12-13H,1-11H2;4H,1-3H2. The molecule has 2 N–H and O–H groups in total. The molecule has 3 heteroatoms. The van der Waals surface area contributed by atoms with Crippen LogP contribution in [0.2, 0.25) is 0 Å². The van der Waals surface area contributed by atoms with E-state index in [2.05, 4.69) is 15.8 Å². The van der Waals surface area contributed by atoms with Gasteiger partial charge < -0.3 is 5.32 Å². The molecular formula is C15H31N3. The maximum Gasteiger partial charge on any atom is 0.0243 e. The lowest BCUT2D eigenvalue weighted by Gasteiger charge is -2.30. The normalized spacial score (nSPS) is 27.3. The van der Waals surface area contributed by atoms with Gasteiger partial charge in [0.2, 0.25) is 0 Å². The van der Waals surface area contributed by atoms with Gasteiger partial charge in [-0.15, -0.1) is 0 Å². The Morgan fingerprint density at radius 2 is 1.28 bits per heavy atom. The van der Waals surface area contributed by atoms with Crippen LogP contribution < -0.4 is 10.7 Å². The summed E-state index contributed by atoms with van der Waals surface area (Å²) in [5, 5.41) is 5.66. The van der Waals surface area contributed by atoms with Crippen molar-refractivity contribution in [3.63, 3.8) is 0 Å². The highest BCUT2D eigenvalue weighted by atomic mass is 15.5. The van der Waals surface area contributed by atoms with E-state index < -0.39 is 0 Å². The molecule has 3 nitrogen and oxygen atoms in total. The number of nitrogens with zero attached hydrogens (tertiary/aromatic N) is 1. The van der Waals surface area contributed by atoms with Crippen LogP contribution in [0.4, 0.5) is 0 Å². The van der Waals surface area contributed by atoms with Crippen LogP contribution in [0.3, 0.4) is 0 Å². The van der Waals surface area contributed by atoms with Crippen molar-refractivity contribution >= 4 is 0 Å². The highest BCUT2D eigenvalue weighted by Crippen LogP contribution is 2.21. The van der Waals surface area contributed by atoms with Gasteiger partial charge in [0.05, 0.1) is 0 Å². The van der Waals surface area contributed by atoms with Gasteiger partial charge in [0.15, 0.2) is 0 Å². The molecule has 1 aliphatic carbocycles. The summed E-state index contributed by atoms with van der Waals surface area (Å²) in [5.74, 6) is 0. The molecule has 3 aliphatic rings. The van der Waals surface area contributed by atoms with Crippen LogP contribution in [0.25, 0.3) is 0 Å². The minimum absolute atomic E-state index is 0.843. The molecule has 106 valence electrons. The minimum atomic E-state index is 0.843. The van der Waals surface area contributed by atoms with Gasteiger partial charge in [0.1, 0.15) is 0 Å². The van der Waals surface area contributed by atoms with Gasteiger partial charge in [-0.25, -0.2) is 5.01 Å². The topological polar surface area (TPSA) is 27.3 Å². The first-order valence-electron chi connectivity index (χ1n) is 8.18. The van der Waals surface area contributed by atoms with Crippen molar-refractivity contribution in [1.29, 1.82) is 0 Å². The van der Waals surface area contributed by atoms with Crippen LogP contribution in [-0.2, 0) is 0 Å². The zero-order valence-electron chi connectivity index (χ0n) is 11.9. The Hall–Kier alpha value is -0.120. The molecule has 0 unspecified atom stereocenters. The maximum absolute atomic E-state index is 3.61. The molecule has 2 heterocycles. The Bertz CT molecular complexity index is 166. The van der Waals surface area contributed by atoms with Crippen molar-refractivity contribution in [3.8, 4) is 0 Å². The number of hydrazine groups is 1. The summed E-state index contributed by atoms with van der Waals surface area (Å²) in [6.45, 7) is 4.99. The predicted octanol–water partition coefficient (Wildman–Crippen LogP) is 2.68. The van der Waals surface area contributed by atoms with E-state index in [0.29, 0.717) is 0 Å². The first kappa shape index (κ1) is 14.3. The maximum atomic E-state index is 3.61. The Balaban J connectivity index is 0.000000256. The Kier molecular flexibility index (Phi) is 7.06. The summed E-state index contributed by atoms with van der Waals surface area (Å²) in [4.78, 5) is 0. The second-order valence-corrected chi connectivity index (χ2v) is 5.91. The fourth-order valence-electron chi connectivity index (χ4n) is 2.94. The van der Waals surface area contributed by atoms with Crippen molar-refractivity contribution in [1.82, 2.24) is 15.8 Å². The lowest BCUT2D eigenvalue weighted by Crippen LogP contribution is -2.45. The number of rotatable bonds is 1. The molecule has 18 heavy (non-hydrogen) atoms. The summed E-state index contributed by atoms with van der Waals surface area (Å²) in [6, 6.07) is 0.843. The van der Waals surface area contributed by atoms with E-state index in [1.54, 1.807) is 0 Å². The summed E-state index contributed by atoms with van der Waals surface area (Å²) in [5.41, 5.74) is 3.61. The monoisotopic (exact) mass is 253 g/mol. The van der Waals surface area contributed by atoms with E-state index in [1.165, 1.54) is 90.4 Å². The van der Waals surface area contributed by atoms with Gasteiger partial charge in [-0.2, -0.15) is 0 Å². The van der Waals surface area contributed by atoms with Crippen LogP contribution >= 0.6 is 0 Å². The summed E-state index contributed by atoms with van der Waals surface area (Å²) in [7, 11) is 0. The van der Waals surface area contributed by atoms with Crippen molar-refractivity contribution in [2.24, 2.45) is 0 Å². The average molecular weight is 253 g/mol. The molecule has 0 aromatic rings. The van der Waals surface area contributed by atoms with Crippen molar-refractivity contribution in [2.75, 3.05) is 26.2 Å². The van der Waals surface area contributed by atoms with Gasteiger partial charge in [0.25, 0.3) is 0 Å². The van der Waals surface area contributed by atoms with E-state index in [9.17, 15) is 0 Å². The van der Waals surface area contributed by atoms with Gasteiger partial charge in [0, 0.05) is 19.1 Å². The highest BCUT2D eigenvalue weighted by Gasteiger charge is 2.20. The summed E-state index contributed by atoms with van der Waals surface area (Å²) in [6.07, 6.45) is 14.2. The molecule has 0 spiro atoms. The third-order valence-corrected chi connectivity index (χ3v) is 4.36. The number of hydrogen-bond acceptors (Lipinski definition) is 3. The molecule has 2 saturated heterocycles. The van der Waals surface area contributed by atoms with Gasteiger partial charge >= 0.3 is 0 Å². The largest absolute Gasteiger partial charge is 0.317 e. The second kappa shape index (κ2) is 8.89. The van der Waals surface area contributed by atoms with Crippen LogP contribution in [0, 0.1) is 0 Å². The second-order valence-electron chi connectivity index (χ2n) is 5.91. The van der Waals surface area contributed by atoms with Crippen LogP contribution in [0.5, 0.6) is 0 Å². The van der Waals surface area contributed by atoms with Crippen LogP contribution in [0.1, 0.15) is 64.2 Å². The lowest BCUT2D eigenvalue weighted by molar-refractivity contribution is 0.120. The van der Waals surface area contributed by atoms with E-state index in [0.717, 1.165) is 6.04 Å². The molecule has 0 aromatic heterocycles. The van der Waals surface area contributed by atoms with Crippen molar-refractivity contribution in [2.45, 2.75) is 70.3 Å². The Labute approximate surface area is 113 Å². The van der Waals surface area contributed by atoms with E-state index in [4.69, 9.17) is 0 Å². The Morgan fingerprint density at radius 3 is 1.89 bits per heavy atom. The SMILES string of the molecule is C1CCCC(N2CCCCCN2)CC1.C1CNC1. The highest BCUT2D eigenvalue weighted by molar-refractivity contribution is 4.73. The van der Waals surface area contributed by atoms with Gasteiger partial charge in [-0.3, -0.25) is 5.43 Å². The molecule has 1 saturated carbocycles. The van der Waals surface area contributed by atoms with E-state index in [1.807, 2.05) is 0 Å². The molecule has 3 rings (SSSR count). The molecule has 0 aromatic carbocycles. The molecule has 0 atom stereocenters. The minimum Gasteiger partial charge on any atom is -0.317 e. The van der Waals surface area contributed by atoms with Crippen LogP contribution in [-0.4, -0.2) is 37.2 Å². The number of hydrogen-bond donors (Lipinski definition) is 2. The quantitative estimate of drug-likeness (QED) is 0.704. The first-order valence-corrected chi connectivity index (χ1v) is 8.18. The smallest absolute Gasteiger partial charge is 0.0243 e. The Morgan fingerprint density at radius 1 is 0.667 bits per heavy atom. The van der Waals surface area contributed by atoms with Crippen molar-refractivity contribution < 1.29 is 0 Å². The van der Waals surface area contributed by atoms with E-state index >= 15 is 0 Å². The zero-order chi connectivity index (χ0) is 12.5. The molecular weight excluding hydrogens is 222 g/mol. The molecule has 0 bridgehead atoms. The molecule has 3 fully saturated rings. The predicted molar refractivity (Wildman–Crippen MR) is 77.5 cm³/mol. The van der Waals surface area contributed by atoms with Gasteiger partial charge in [-0.1, -0.05) is 32.1 Å². The molecule has 2 aliphatic heterocycles. The van der Waals surface area contributed by atoms with E-state index in [-0.39, 0.29) is 0 Å². The summed E-state index contributed by atoms with van der Waals surface area (Å²) >= 11 is 0. The molecule has 0 amide bonds. The zero-order valence-corrected chi connectivity index (χ0v) is 11.9. The van der Waals surface area contributed by atoms with Crippen LogP contribution in [0.15, 0.2) is 0 Å². The fraction of sp³-hybridized carbons (Fsp3) is 1.00. The first-order chi connectivity index (χ1) is 8.97. The summed E-state index contributed by atoms with van der Waals surface area (Å²) < 4.78 is 0. The third kappa shape index (κ3) is 5.25. The third-order valence-electron chi connectivity index (χ3n) is 4.36. The number of nitrogens with one attached hydrogen (secondary N) is 2. The average Bonchev–Trinajstić information content (AvgIpc) is 2.71.